The molecule has 0 spiro atoms. The normalized spacial score (nSPS) is 11.0. The molecule has 0 atom stereocenters. The van der Waals surface area contributed by atoms with E-state index in [1.807, 2.05) is 40.6 Å². The number of ether oxygens (including phenoxy) is 1. The molecule has 3 aromatic rings. The van der Waals surface area contributed by atoms with Crippen LogP contribution in [-0.2, 0) is 4.79 Å². The van der Waals surface area contributed by atoms with Crippen LogP contribution in [0.3, 0.4) is 0 Å². The Hall–Kier alpha value is -2.32. The molecule has 0 unspecified atom stereocenters. The van der Waals surface area contributed by atoms with Gasteiger partial charge in [0.2, 0.25) is 5.91 Å². The van der Waals surface area contributed by atoms with Gasteiger partial charge in [0.25, 0.3) is 5.56 Å². The van der Waals surface area contributed by atoms with Gasteiger partial charge in [-0.15, -0.1) is 11.3 Å². The molecule has 6 nitrogen and oxygen atoms in total. The molecule has 0 aliphatic carbocycles. The van der Waals surface area contributed by atoms with Crippen LogP contribution in [0.25, 0.3) is 15.9 Å². The molecule has 3 rings (SSSR count). The lowest BCUT2D eigenvalue weighted by Crippen LogP contribution is -2.34. The fourth-order valence-corrected chi connectivity index (χ4v) is 4.80. The minimum Gasteiger partial charge on any atom is -0.495 e. The number of methoxy groups -OCH3 is 1. The number of rotatable bonds is 9. The van der Waals surface area contributed by atoms with Crippen LogP contribution >= 0.6 is 23.1 Å². The molecule has 1 aromatic carbocycles. The van der Waals surface area contributed by atoms with E-state index in [2.05, 4.69) is 18.8 Å². The number of nitrogens with zero attached hydrogens (tertiary/aromatic N) is 3. The third-order valence-corrected chi connectivity index (χ3v) is 6.25. The van der Waals surface area contributed by atoms with E-state index in [-0.39, 0.29) is 17.2 Å². The molecular formula is C21H25N3O3S2. The summed E-state index contributed by atoms with van der Waals surface area (Å²) in [5, 5.41) is 2.35. The van der Waals surface area contributed by atoms with E-state index in [1.54, 1.807) is 11.7 Å². The van der Waals surface area contributed by atoms with Gasteiger partial charge in [0.05, 0.1) is 24.1 Å². The number of aromatic nitrogens is 2. The number of carbonyl (C=O) groups excluding carboxylic acids is 1. The second kappa shape index (κ2) is 9.93. The van der Waals surface area contributed by atoms with Crippen molar-refractivity contribution in [1.82, 2.24) is 14.5 Å². The summed E-state index contributed by atoms with van der Waals surface area (Å²) in [7, 11) is 1.57. The Morgan fingerprint density at radius 2 is 1.93 bits per heavy atom. The lowest BCUT2D eigenvalue weighted by atomic mass is 10.3. The highest BCUT2D eigenvalue weighted by Gasteiger charge is 2.19. The average Bonchev–Trinajstić information content (AvgIpc) is 3.21. The van der Waals surface area contributed by atoms with Gasteiger partial charge in [0.15, 0.2) is 5.16 Å². The van der Waals surface area contributed by atoms with Gasteiger partial charge in [-0.05, 0) is 36.4 Å². The monoisotopic (exact) mass is 431 g/mol. The van der Waals surface area contributed by atoms with Crippen LogP contribution in [0, 0.1) is 0 Å². The van der Waals surface area contributed by atoms with Gasteiger partial charge in [0.1, 0.15) is 10.4 Å². The minimum atomic E-state index is -0.150. The maximum Gasteiger partial charge on any atom is 0.276 e. The molecule has 0 fully saturated rings. The number of para-hydroxylation sites is 2. The topological polar surface area (TPSA) is 64.4 Å². The van der Waals surface area contributed by atoms with E-state index in [1.165, 1.54) is 23.1 Å². The molecule has 0 bridgehead atoms. The zero-order valence-corrected chi connectivity index (χ0v) is 18.5. The fraction of sp³-hybridized carbons (Fsp3) is 0.381. The first-order valence-corrected chi connectivity index (χ1v) is 11.5. The van der Waals surface area contributed by atoms with E-state index in [0.717, 1.165) is 25.9 Å². The van der Waals surface area contributed by atoms with Crippen molar-refractivity contribution in [3.8, 4) is 11.4 Å². The van der Waals surface area contributed by atoms with Crippen LogP contribution in [0.1, 0.15) is 26.7 Å². The van der Waals surface area contributed by atoms with Gasteiger partial charge in [-0.1, -0.05) is 37.7 Å². The largest absolute Gasteiger partial charge is 0.495 e. The first-order valence-electron chi connectivity index (χ1n) is 9.64. The molecule has 29 heavy (non-hydrogen) atoms. The summed E-state index contributed by atoms with van der Waals surface area (Å²) in [5.41, 5.74) is 1.13. The van der Waals surface area contributed by atoms with E-state index < -0.39 is 0 Å². The smallest absolute Gasteiger partial charge is 0.276 e. The van der Waals surface area contributed by atoms with Crippen molar-refractivity contribution in [3.63, 3.8) is 0 Å². The molecule has 2 heterocycles. The Labute approximate surface area is 178 Å². The number of fused-ring (bicyclic) bond motifs is 1. The first kappa shape index (κ1) is 21.4. The predicted octanol–water partition coefficient (Wildman–Crippen LogP) is 4.20. The van der Waals surface area contributed by atoms with Gasteiger partial charge < -0.3 is 9.64 Å². The van der Waals surface area contributed by atoms with Crippen LogP contribution < -0.4 is 10.3 Å². The van der Waals surface area contributed by atoms with Crippen molar-refractivity contribution in [2.45, 2.75) is 31.8 Å². The van der Waals surface area contributed by atoms with Crippen molar-refractivity contribution >= 4 is 39.2 Å². The molecule has 0 aliphatic heterocycles. The number of hydrogen-bond donors (Lipinski definition) is 0. The van der Waals surface area contributed by atoms with Gasteiger partial charge in [-0.25, -0.2) is 4.98 Å². The quantitative estimate of drug-likeness (QED) is 0.375. The summed E-state index contributed by atoms with van der Waals surface area (Å²) in [6, 6.07) is 9.18. The molecule has 0 aliphatic rings. The maximum atomic E-state index is 13.2. The molecule has 154 valence electrons. The van der Waals surface area contributed by atoms with Crippen LogP contribution in [0.4, 0.5) is 0 Å². The maximum absolute atomic E-state index is 13.2. The molecule has 8 heteroatoms. The molecule has 0 saturated heterocycles. The summed E-state index contributed by atoms with van der Waals surface area (Å²) >= 11 is 2.66. The lowest BCUT2D eigenvalue weighted by Gasteiger charge is -2.21. The second-order valence-corrected chi connectivity index (χ2v) is 8.37. The van der Waals surface area contributed by atoms with E-state index in [9.17, 15) is 9.59 Å². The highest BCUT2D eigenvalue weighted by atomic mass is 32.2. The van der Waals surface area contributed by atoms with Crippen molar-refractivity contribution in [1.29, 1.82) is 0 Å². The van der Waals surface area contributed by atoms with Gasteiger partial charge in [-0.2, -0.15) is 0 Å². The zero-order chi connectivity index (χ0) is 20.8. The summed E-state index contributed by atoms with van der Waals surface area (Å²) < 4.78 is 7.61. The fourth-order valence-electron chi connectivity index (χ4n) is 3.13. The Morgan fingerprint density at radius 3 is 2.62 bits per heavy atom. The lowest BCUT2D eigenvalue weighted by molar-refractivity contribution is -0.128. The summed E-state index contributed by atoms with van der Waals surface area (Å²) in [5.74, 6) is 0.876. The Bertz CT molecular complexity index is 1040. The molecule has 0 radical (unpaired) electrons. The molecule has 1 amide bonds. The van der Waals surface area contributed by atoms with E-state index in [0.29, 0.717) is 26.8 Å². The highest BCUT2D eigenvalue weighted by Crippen LogP contribution is 2.28. The van der Waals surface area contributed by atoms with Crippen molar-refractivity contribution < 1.29 is 9.53 Å². The van der Waals surface area contributed by atoms with Crippen LogP contribution in [0.2, 0.25) is 0 Å². The number of thiophene rings is 1. The molecular weight excluding hydrogens is 406 g/mol. The molecule has 0 saturated carbocycles. The van der Waals surface area contributed by atoms with Gasteiger partial charge in [-0.3, -0.25) is 14.2 Å². The van der Waals surface area contributed by atoms with E-state index in [4.69, 9.17) is 4.74 Å². The van der Waals surface area contributed by atoms with Crippen molar-refractivity contribution in [2.75, 3.05) is 26.0 Å². The Balaban J connectivity index is 2.01. The number of benzene rings is 1. The third-order valence-electron chi connectivity index (χ3n) is 4.44. The van der Waals surface area contributed by atoms with E-state index >= 15 is 0 Å². The van der Waals surface area contributed by atoms with Gasteiger partial charge in [0, 0.05) is 13.1 Å². The predicted molar refractivity (Wildman–Crippen MR) is 120 cm³/mol. The number of amides is 1. The standard InChI is InChI=1S/C21H25N3O3S2/c1-4-11-23(12-5-2)18(25)14-29-21-22-15-10-13-28-19(15)20(26)24(21)16-8-6-7-9-17(16)27-3/h6-10,13H,4-5,11-12,14H2,1-3H3. The zero-order valence-electron chi connectivity index (χ0n) is 16.9. The van der Waals surface area contributed by atoms with Crippen LogP contribution in [0.15, 0.2) is 45.7 Å². The first-order chi connectivity index (χ1) is 14.1. The van der Waals surface area contributed by atoms with Crippen molar-refractivity contribution in [3.05, 3.63) is 46.1 Å². The Morgan fingerprint density at radius 1 is 1.21 bits per heavy atom. The number of hydrogen-bond acceptors (Lipinski definition) is 6. The number of thioether (sulfide) groups is 1. The summed E-state index contributed by atoms with van der Waals surface area (Å²) in [6.07, 6.45) is 1.84. The number of carbonyl (C=O) groups is 1. The molecule has 2 aromatic heterocycles. The van der Waals surface area contributed by atoms with Gasteiger partial charge >= 0.3 is 0 Å². The highest BCUT2D eigenvalue weighted by molar-refractivity contribution is 7.99. The SMILES string of the molecule is CCCN(CCC)C(=O)CSc1nc2ccsc2c(=O)n1-c1ccccc1OC. The van der Waals surface area contributed by atoms with Crippen molar-refractivity contribution in [2.24, 2.45) is 0 Å². The average molecular weight is 432 g/mol. The summed E-state index contributed by atoms with van der Waals surface area (Å²) in [6.45, 7) is 5.61. The molecule has 0 N–H and O–H groups in total. The minimum absolute atomic E-state index is 0.0601. The summed E-state index contributed by atoms with van der Waals surface area (Å²) in [4.78, 5) is 32.5. The van der Waals surface area contributed by atoms with Crippen LogP contribution in [-0.4, -0.2) is 46.3 Å². The van der Waals surface area contributed by atoms with Crippen LogP contribution in [0.5, 0.6) is 5.75 Å². The second-order valence-electron chi connectivity index (χ2n) is 6.51. The third kappa shape index (κ3) is 4.64. The Kier molecular flexibility index (Phi) is 7.33.